The van der Waals surface area contributed by atoms with Gasteiger partial charge in [-0.05, 0) is 31.8 Å². The number of likely N-dealkylation sites (N-methyl/N-ethyl adjacent to an activating group) is 1. The highest BCUT2D eigenvalue weighted by molar-refractivity contribution is 5.80. The van der Waals surface area contributed by atoms with E-state index < -0.39 is 0 Å². The molecule has 0 radical (unpaired) electrons. The van der Waals surface area contributed by atoms with E-state index in [4.69, 9.17) is 9.93 Å². The van der Waals surface area contributed by atoms with Gasteiger partial charge < -0.3 is 19.6 Å². The number of piperidine rings is 1. The van der Waals surface area contributed by atoms with Crippen LogP contribution in [0.2, 0.25) is 0 Å². The molecule has 6 heteroatoms. The van der Waals surface area contributed by atoms with Crippen LogP contribution in [-0.2, 0) is 6.42 Å². The van der Waals surface area contributed by atoms with Crippen LogP contribution in [0.15, 0.2) is 10.6 Å². The lowest BCUT2D eigenvalue weighted by Crippen LogP contribution is -2.42. The number of nitrogens with zero attached hydrogens (tertiary/aromatic N) is 3. The van der Waals surface area contributed by atoms with Gasteiger partial charge in [0.05, 0.1) is 6.04 Å². The van der Waals surface area contributed by atoms with Gasteiger partial charge in [0.1, 0.15) is 11.5 Å². The fourth-order valence-corrected chi connectivity index (χ4v) is 3.54. The van der Waals surface area contributed by atoms with E-state index in [1.807, 2.05) is 7.05 Å². The lowest BCUT2D eigenvalue weighted by atomic mass is 9.96. The highest BCUT2D eigenvalue weighted by Gasteiger charge is 2.42. The Morgan fingerprint density at radius 1 is 1.45 bits per heavy atom. The molecule has 0 aromatic carbocycles. The maximum Gasteiger partial charge on any atom is 0.194 e. The van der Waals surface area contributed by atoms with Crippen molar-refractivity contribution in [1.29, 1.82) is 5.41 Å². The van der Waals surface area contributed by atoms with Gasteiger partial charge in [0.15, 0.2) is 5.96 Å². The highest BCUT2D eigenvalue weighted by Crippen LogP contribution is 2.37. The first-order valence-electron chi connectivity index (χ1n) is 7.46. The highest BCUT2D eigenvalue weighted by atomic mass is 16.5. The molecule has 2 bridgehead atoms. The molecule has 20 heavy (non-hydrogen) atoms. The largest absolute Gasteiger partial charge is 0.361 e. The molecule has 2 atom stereocenters. The molecule has 4 heterocycles. The van der Waals surface area contributed by atoms with E-state index in [1.165, 1.54) is 0 Å². The summed E-state index contributed by atoms with van der Waals surface area (Å²) < 4.78 is 5.50. The van der Waals surface area contributed by atoms with Crippen LogP contribution in [0.1, 0.15) is 30.3 Å². The van der Waals surface area contributed by atoms with E-state index in [-0.39, 0.29) is 6.04 Å². The van der Waals surface area contributed by atoms with Crippen molar-refractivity contribution in [3.63, 3.8) is 0 Å². The Morgan fingerprint density at radius 2 is 2.30 bits per heavy atom. The molecule has 108 valence electrons. The Kier molecular flexibility index (Phi) is 2.73. The minimum atomic E-state index is 0.223. The Balaban J connectivity index is 1.51. The molecule has 3 aliphatic rings. The molecule has 0 amide bonds. The Labute approximate surface area is 118 Å². The smallest absolute Gasteiger partial charge is 0.194 e. The predicted molar refractivity (Wildman–Crippen MR) is 74.5 cm³/mol. The summed E-state index contributed by atoms with van der Waals surface area (Å²) in [5, 5.41) is 15.8. The second-order valence-corrected chi connectivity index (χ2v) is 6.28. The van der Waals surface area contributed by atoms with Gasteiger partial charge in [0, 0.05) is 32.1 Å². The van der Waals surface area contributed by atoms with Gasteiger partial charge in [-0.25, -0.2) is 0 Å². The zero-order chi connectivity index (χ0) is 13.7. The number of aromatic nitrogens is 1. The molecular weight excluding hydrogens is 254 g/mol. The summed E-state index contributed by atoms with van der Waals surface area (Å²) in [5.74, 6) is 2.32. The van der Waals surface area contributed by atoms with E-state index in [0.29, 0.717) is 17.9 Å². The van der Waals surface area contributed by atoms with Crippen molar-refractivity contribution in [3.8, 4) is 0 Å². The molecule has 1 aromatic rings. The summed E-state index contributed by atoms with van der Waals surface area (Å²) in [6.07, 6.45) is 3.18. The van der Waals surface area contributed by atoms with Crippen LogP contribution in [0.4, 0.5) is 0 Å². The van der Waals surface area contributed by atoms with Crippen molar-refractivity contribution < 1.29 is 4.52 Å². The summed E-state index contributed by atoms with van der Waals surface area (Å²) in [6, 6.07) is 2.83. The maximum atomic E-state index is 8.21. The first-order valence-corrected chi connectivity index (χ1v) is 7.46. The average Bonchev–Trinajstić information content (AvgIpc) is 2.96. The fourth-order valence-electron chi connectivity index (χ4n) is 3.54. The molecule has 0 saturated carbocycles. The quantitative estimate of drug-likeness (QED) is 0.855. The third kappa shape index (κ3) is 1.82. The molecule has 0 aliphatic carbocycles. The minimum Gasteiger partial charge on any atom is -0.361 e. The predicted octanol–water partition coefficient (Wildman–Crippen LogP) is 0.822. The topological polar surface area (TPSA) is 68.4 Å². The number of hydrogen-bond donors (Lipinski definition) is 2. The fraction of sp³-hybridized carbons (Fsp3) is 0.714. The average molecular weight is 275 g/mol. The van der Waals surface area contributed by atoms with Crippen molar-refractivity contribution in [3.05, 3.63) is 17.5 Å². The summed E-state index contributed by atoms with van der Waals surface area (Å²) >= 11 is 0. The molecule has 6 nitrogen and oxygen atoms in total. The van der Waals surface area contributed by atoms with Gasteiger partial charge in [-0.3, -0.25) is 5.41 Å². The van der Waals surface area contributed by atoms with Crippen LogP contribution in [0.3, 0.4) is 0 Å². The second-order valence-electron chi connectivity index (χ2n) is 6.28. The van der Waals surface area contributed by atoms with Crippen LogP contribution in [-0.4, -0.2) is 53.6 Å². The minimum absolute atomic E-state index is 0.223. The SMILES string of the molecule is CN1C(=N)N2CC1CCC2c1cc(CC2CNC2)on1. The van der Waals surface area contributed by atoms with Crippen LogP contribution in [0.25, 0.3) is 0 Å². The zero-order valence-corrected chi connectivity index (χ0v) is 11.8. The Morgan fingerprint density at radius 3 is 3.05 bits per heavy atom. The standard InChI is InChI=1S/C14H21N5O/c1-18-10-2-3-13(19(8-10)14(18)15)12-5-11(20-17-12)4-9-6-16-7-9/h5,9-10,13,15-16H,2-4,6-8H2,1H3. The molecule has 0 spiro atoms. The van der Waals surface area contributed by atoms with Crippen LogP contribution < -0.4 is 5.32 Å². The number of fused-ring (bicyclic) bond motifs is 2. The molecule has 1 aromatic heterocycles. The summed E-state index contributed by atoms with van der Waals surface area (Å²) in [4.78, 5) is 4.25. The van der Waals surface area contributed by atoms with Gasteiger partial charge in [-0.15, -0.1) is 0 Å². The molecule has 2 N–H and O–H groups in total. The zero-order valence-electron chi connectivity index (χ0n) is 11.8. The van der Waals surface area contributed by atoms with Gasteiger partial charge in [-0.1, -0.05) is 5.16 Å². The number of hydrogen-bond acceptors (Lipinski definition) is 4. The molecule has 2 unspecified atom stereocenters. The lowest BCUT2D eigenvalue weighted by molar-refractivity contribution is 0.227. The Hall–Kier alpha value is -1.56. The van der Waals surface area contributed by atoms with E-state index in [1.54, 1.807) is 0 Å². The normalized spacial score (nSPS) is 29.9. The number of nitrogens with one attached hydrogen (secondary N) is 2. The number of rotatable bonds is 3. The Bertz CT molecular complexity index is 523. The molecular formula is C14H21N5O. The summed E-state index contributed by atoms with van der Waals surface area (Å²) in [6.45, 7) is 3.13. The van der Waals surface area contributed by atoms with Crippen LogP contribution >= 0.6 is 0 Å². The molecule has 3 aliphatic heterocycles. The third-order valence-electron chi connectivity index (χ3n) is 4.99. The second kappa shape index (κ2) is 4.48. The van der Waals surface area contributed by atoms with Crippen molar-refractivity contribution in [2.75, 3.05) is 26.7 Å². The monoisotopic (exact) mass is 275 g/mol. The van der Waals surface area contributed by atoms with Gasteiger partial charge in [0.25, 0.3) is 0 Å². The molecule has 4 rings (SSSR count). The van der Waals surface area contributed by atoms with Crippen LogP contribution in [0, 0.1) is 11.3 Å². The first-order chi connectivity index (χ1) is 9.72. The molecule has 3 fully saturated rings. The third-order valence-corrected chi connectivity index (χ3v) is 4.99. The number of guanidine groups is 1. The van der Waals surface area contributed by atoms with Crippen molar-refractivity contribution >= 4 is 5.96 Å². The van der Waals surface area contributed by atoms with Gasteiger partial charge >= 0.3 is 0 Å². The summed E-state index contributed by atoms with van der Waals surface area (Å²) in [7, 11) is 2.02. The van der Waals surface area contributed by atoms with Gasteiger partial charge in [0.2, 0.25) is 0 Å². The van der Waals surface area contributed by atoms with Gasteiger partial charge in [-0.2, -0.15) is 0 Å². The van der Waals surface area contributed by atoms with Crippen LogP contribution in [0.5, 0.6) is 0 Å². The van der Waals surface area contributed by atoms with E-state index >= 15 is 0 Å². The van der Waals surface area contributed by atoms with E-state index in [0.717, 1.165) is 50.4 Å². The first kappa shape index (κ1) is 12.2. The maximum absolute atomic E-state index is 8.21. The van der Waals surface area contributed by atoms with E-state index in [9.17, 15) is 0 Å². The molecule has 3 saturated heterocycles. The van der Waals surface area contributed by atoms with Crippen molar-refractivity contribution in [1.82, 2.24) is 20.3 Å². The van der Waals surface area contributed by atoms with E-state index in [2.05, 4.69) is 26.3 Å². The van der Waals surface area contributed by atoms with Crippen molar-refractivity contribution in [2.45, 2.75) is 31.3 Å². The lowest BCUT2D eigenvalue weighted by Gasteiger charge is -2.30. The van der Waals surface area contributed by atoms with Crippen molar-refractivity contribution in [2.24, 2.45) is 5.92 Å². The summed E-state index contributed by atoms with van der Waals surface area (Å²) in [5.41, 5.74) is 1.01.